The van der Waals surface area contributed by atoms with Crippen LogP contribution in [0.15, 0.2) is 12.2 Å². The first-order valence-electron chi connectivity index (χ1n) is 4.15. The molecule has 0 fully saturated rings. The summed E-state index contributed by atoms with van der Waals surface area (Å²) >= 11 is 5.60. The van der Waals surface area contributed by atoms with Gasteiger partial charge in [0.2, 0.25) is 0 Å². The monoisotopic (exact) mass is 174 g/mol. The molecule has 0 aromatic rings. The van der Waals surface area contributed by atoms with Gasteiger partial charge in [0.25, 0.3) is 0 Å². The van der Waals surface area contributed by atoms with E-state index < -0.39 is 0 Å². The van der Waals surface area contributed by atoms with Crippen molar-refractivity contribution in [2.24, 2.45) is 5.41 Å². The van der Waals surface area contributed by atoms with Crippen LogP contribution in [-0.4, -0.2) is 17.6 Å². The van der Waals surface area contributed by atoms with Crippen molar-refractivity contribution in [1.82, 2.24) is 0 Å². The molecule has 0 radical (unpaired) electrons. The lowest BCUT2D eigenvalue weighted by atomic mass is 9.82. The van der Waals surface area contributed by atoms with Gasteiger partial charge < -0.3 is 5.11 Å². The number of halogens is 1. The van der Waals surface area contributed by atoms with Crippen LogP contribution in [0.25, 0.3) is 0 Å². The summed E-state index contributed by atoms with van der Waals surface area (Å²) in [6.07, 6.45) is 8.44. The molecule has 0 bridgehead atoms. The molecule has 1 aliphatic carbocycles. The number of aliphatic hydroxyl groups is 1. The number of aliphatic hydroxyl groups excluding tert-OH is 1. The molecule has 1 rings (SSSR count). The topological polar surface area (TPSA) is 20.2 Å². The molecule has 1 aliphatic rings. The van der Waals surface area contributed by atoms with Crippen LogP contribution in [0.1, 0.15) is 25.7 Å². The van der Waals surface area contributed by atoms with E-state index in [1.54, 1.807) is 0 Å². The van der Waals surface area contributed by atoms with Crippen molar-refractivity contribution in [2.45, 2.75) is 25.7 Å². The van der Waals surface area contributed by atoms with E-state index in [2.05, 4.69) is 12.2 Å². The molecule has 0 saturated heterocycles. The number of alkyl halides is 1. The Morgan fingerprint density at radius 2 is 2.00 bits per heavy atom. The molecular weight excluding hydrogens is 160 g/mol. The lowest BCUT2D eigenvalue weighted by Gasteiger charge is -2.25. The van der Waals surface area contributed by atoms with Gasteiger partial charge in [0, 0.05) is 17.9 Å². The maximum atomic E-state index is 9.16. The second kappa shape index (κ2) is 4.13. The lowest BCUT2D eigenvalue weighted by molar-refractivity contribution is 0.126. The van der Waals surface area contributed by atoms with E-state index in [0.29, 0.717) is 12.5 Å². The van der Waals surface area contributed by atoms with Gasteiger partial charge in [-0.2, -0.15) is 0 Å². The Balaban J connectivity index is 2.35. The highest BCUT2D eigenvalue weighted by molar-refractivity contribution is 6.17. The molecule has 0 aliphatic heterocycles. The van der Waals surface area contributed by atoms with E-state index in [4.69, 9.17) is 16.7 Å². The fraction of sp³-hybridized carbons (Fsp3) is 0.778. The molecule has 1 nitrogen and oxygen atoms in total. The van der Waals surface area contributed by atoms with Gasteiger partial charge in [0.15, 0.2) is 0 Å². The summed E-state index contributed by atoms with van der Waals surface area (Å²) < 4.78 is 0. The molecule has 0 aromatic heterocycles. The zero-order valence-electron chi connectivity index (χ0n) is 6.72. The Morgan fingerprint density at radius 3 is 2.45 bits per heavy atom. The maximum Gasteiger partial charge on any atom is 0.0493 e. The SMILES string of the molecule is OCC1(CCCCl)CC=CC1. The van der Waals surface area contributed by atoms with E-state index in [1.807, 2.05) is 0 Å². The molecule has 11 heavy (non-hydrogen) atoms. The normalized spacial score (nSPS) is 20.9. The first kappa shape index (κ1) is 9.08. The largest absolute Gasteiger partial charge is 0.396 e. The van der Waals surface area contributed by atoms with Crippen LogP contribution in [0.4, 0.5) is 0 Å². The minimum atomic E-state index is 0.148. The summed E-state index contributed by atoms with van der Waals surface area (Å²) in [6, 6.07) is 0. The zero-order chi connectivity index (χ0) is 8.16. The highest BCUT2D eigenvalue weighted by atomic mass is 35.5. The summed E-state index contributed by atoms with van der Waals surface area (Å²) in [4.78, 5) is 0. The van der Waals surface area contributed by atoms with Gasteiger partial charge >= 0.3 is 0 Å². The van der Waals surface area contributed by atoms with E-state index in [1.165, 1.54) is 0 Å². The van der Waals surface area contributed by atoms with E-state index in [9.17, 15) is 0 Å². The quantitative estimate of drug-likeness (QED) is 0.513. The minimum Gasteiger partial charge on any atom is -0.396 e. The fourth-order valence-corrected chi connectivity index (χ4v) is 1.74. The van der Waals surface area contributed by atoms with Crippen LogP contribution in [0, 0.1) is 5.41 Å². The van der Waals surface area contributed by atoms with E-state index in [-0.39, 0.29) is 5.41 Å². The van der Waals surface area contributed by atoms with Crippen molar-refractivity contribution in [3.8, 4) is 0 Å². The molecule has 1 N–H and O–H groups in total. The highest BCUT2D eigenvalue weighted by Crippen LogP contribution is 2.37. The average molecular weight is 175 g/mol. The summed E-state index contributed by atoms with van der Waals surface area (Å²) in [6.45, 7) is 0.302. The van der Waals surface area contributed by atoms with Gasteiger partial charge in [-0.25, -0.2) is 0 Å². The standard InChI is InChI=1S/C9H15ClO/c10-7-3-6-9(8-11)4-1-2-5-9/h1-2,11H,3-8H2. The first-order valence-corrected chi connectivity index (χ1v) is 4.68. The van der Waals surface area contributed by atoms with Crippen LogP contribution >= 0.6 is 11.6 Å². The van der Waals surface area contributed by atoms with Crippen molar-refractivity contribution >= 4 is 11.6 Å². The molecule has 0 saturated carbocycles. The van der Waals surface area contributed by atoms with Gasteiger partial charge in [-0.3, -0.25) is 0 Å². The van der Waals surface area contributed by atoms with Crippen molar-refractivity contribution in [3.05, 3.63) is 12.2 Å². The summed E-state index contributed by atoms with van der Waals surface area (Å²) in [5.74, 6) is 0.710. The van der Waals surface area contributed by atoms with Gasteiger partial charge in [-0.05, 0) is 25.7 Å². The van der Waals surface area contributed by atoms with E-state index in [0.717, 1.165) is 25.7 Å². The predicted molar refractivity (Wildman–Crippen MR) is 47.8 cm³/mol. The third-order valence-corrected chi connectivity index (χ3v) is 2.71. The third kappa shape index (κ3) is 2.21. The highest BCUT2D eigenvalue weighted by Gasteiger charge is 2.28. The van der Waals surface area contributed by atoms with Crippen molar-refractivity contribution in [2.75, 3.05) is 12.5 Å². The molecule has 64 valence electrons. The van der Waals surface area contributed by atoms with Crippen LogP contribution in [-0.2, 0) is 0 Å². The van der Waals surface area contributed by atoms with Crippen LogP contribution < -0.4 is 0 Å². The smallest absolute Gasteiger partial charge is 0.0493 e. The Labute approximate surface area is 73.1 Å². The van der Waals surface area contributed by atoms with Crippen molar-refractivity contribution < 1.29 is 5.11 Å². The molecule has 0 unspecified atom stereocenters. The third-order valence-electron chi connectivity index (χ3n) is 2.44. The van der Waals surface area contributed by atoms with Gasteiger partial charge in [-0.15, -0.1) is 11.6 Å². The van der Waals surface area contributed by atoms with Gasteiger partial charge in [-0.1, -0.05) is 12.2 Å². The molecular formula is C9H15ClO. The van der Waals surface area contributed by atoms with Crippen LogP contribution in [0.2, 0.25) is 0 Å². The first-order chi connectivity index (χ1) is 5.33. The Bertz CT molecular complexity index is 134. The molecule has 0 amide bonds. The summed E-state index contributed by atoms with van der Waals surface area (Å²) in [5.41, 5.74) is 0.148. The fourth-order valence-electron chi connectivity index (χ4n) is 1.60. The average Bonchev–Trinajstić information content (AvgIpc) is 2.50. The van der Waals surface area contributed by atoms with E-state index >= 15 is 0 Å². The van der Waals surface area contributed by atoms with Crippen molar-refractivity contribution in [3.63, 3.8) is 0 Å². The van der Waals surface area contributed by atoms with Crippen LogP contribution in [0.5, 0.6) is 0 Å². The molecule has 0 heterocycles. The number of hydrogen-bond donors (Lipinski definition) is 1. The predicted octanol–water partition coefficient (Wildman–Crippen LogP) is 2.33. The summed E-state index contributed by atoms with van der Waals surface area (Å²) in [7, 11) is 0. The zero-order valence-corrected chi connectivity index (χ0v) is 7.48. The number of rotatable bonds is 4. The van der Waals surface area contributed by atoms with Gasteiger partial charge in [0.1, 0.15) is 0 Å². The van der Waals surface area contributed by atoms with Gasteiger partial charge in [0.05, 0.1) is 0 Å². The maximum absolute atomic E-state index is 9.16. The molecule has 0 spiro atoms. The lowest BCUT2D eigenvalue weighted by Crippen LogP contribution is -2.21. The van der Waals surface area contributed by atoms with Crippen molar-refractivity contribution in [1.29, 1.82) is 0 Å². The Hall–Kier alpha value is -0.0100. The number of allylic oxidation sites excluding steroid dienone is 2. The number of hydrogen-bond acceptors (Lipinski definition) is 1. The molecule has 0 atom stereocenters. The molecule has 0 aromatic carbocycles. The van der Waals surface area contributed by atoms with Crippen LogP contribution in [0.3, 0.4) is 0 Å². The Morgan fingerprint density at radius 1 is 1.36 bits per heavy atom. The summed E-state index contributed by atoms with van der Waals surface area (Å²) in [5, 5.41) is 9.16. The molecule has 2 heteroatoms. The second-order valence-corrected chi connectivity index (χ2v) is 3.71. The second-order valence-electron chi connectivity index (χ2n) is 3.33. The Kier molecular flexibility index (Phi) is 3.41. The minimum absolute atomic E-state index is 0.148.